The first-order valence-electron chi connectivity index (χ1n) is 16.0. The summed E-state index contributed by atoms with van der Waals surface area (Å²) in [6.45, 7) is 10.6. The maximum Gasteiger partial charge on any atom is 0.410 e. The highest BCUT2D eigenvalue weighted by molar-refractivity contribution is 6.31. The Balaban J connectivity index is 0.00000500. The molecule has 0 aliphatic carbocycles. The van der Waals surface area contributed by atoms with Crippen molar-refractivity contribution >= 4 is 46.1 Å². The van der Waals surface area contributed by atoms with Crippen LogP contribution in [0.25, 0.3) is 11.0 Å². The summed E-state index contributed by atoms with van der Waals surface area (Å²) in [7, 11) is 0. The molecule has 12 heteroatoms. The highest BCUT2D eigenvalue weighted by Gasteiger charge is 2.41. The number of Topliss-reactive ketones (excluding diaryl/α,β-unsaturated/α-hetero) is 1. The first-order chi connectivity index (χ1) is 21.9. The van der Waals surface area contributed by atoms with E-state index in [4.69, 9.17) is 27.8 Å². The number of amides is 1. The smallest absolute Gasteiger partial charge is 0.410 e. The second-order valence-corrected chi connectivity index (χ2v) is 13.6. The molecule has 3 heterocycles. The minimum Gasteiger partial charge on any atom is -1.00 e. The Morgan fingerprint density at radius 2 is 1.64 bits per heavy atom. The van der Waals surface area contributed by atoms with Gasteiger partial charge in [0.15, 0.2) is 33.6 Å². The molecule has 0 radical (unpaired) electrons. The SMILES string of the molecule is CCn1c(CCC(=O)c2nc(Cl)c(N)nc2N)[n+](CC2(CCc3ccccc3)CCN(C(=O)OC(C)(C)C)CC2)c2ccccc21.[I-]. The van der Waals surface area contributed by atoms with Crippen LogP contribution in [-0.4, -0.2) is 50.0 Å². The molecule has 1 saturated heterocycles. The first-order valence-corrected chi connectivity index (χ1v) is 16.4. The normalized spacial score (nSPS) is 14.5. The summed E-state index contributed by atoms with van der Waals surface area (Å²) in [5.74, 6) is 0.792. The number of hydrogen-bond donors (Lipinski definition) is 2. The van der Waals surface area contributed by atoms with Crippen LogP contribution in [-0.2, 0) is 30.7 Å². The number of anilines is 2. The number of carbonyl (C=O) groups is 2. The fourth-order valence-corrected chi connectivity index (χ4v) is 6.63. The van der Waals surface area contributed by atoms with E-state index in [2.05, 4.69) is 68.5 Å². The van der Waals surface area contributed by atoms with Gasteiger partial charge in [-0.2, -0.15) is 0 Å². The zero-order chi connectivity index (χ0) is 33.1. The predicted octanol–water partition coefficient (Wildman–Crippen LogP) is 3.03. The van der Waals surface area contributed by atoms with E-state index in [9.17, 15) is 9.59 Å². The lowest BCUT2D eigenvalue weighted by Gasteiger charge is -2.41. The summed E-state index contributed by atoms with van der Waals surface area (Å²) >= 11 is 6.09. The molecule has 1 fully saturated rings. The van der Waals surface area contributed by atoms with E-state index >= 15 is 0 Å². The van der Waals surface area contributed by atoms with Gasteiger partial charge in [0.2, 0.25) is 0 Å². The van der Waals surface area contributed by atoms with Crippen LogP contribution < -0.4 is 40.0 Å². The van der Waals surface area contributed by atoms with E-state index in [-0.39, 0.29) is 70.2 Å². The van der Waals surface area contributed by atoms with E-state index in [0.29, 0.717) is 19.5 Å². The summed E-state index contributed by atoms with van der Waals surface area (Å²) in [5, 5.41) is -0.0339. The van der Waals surface area contributed by atoms with Gasteiger partial charge in [-0.25, -0.2) is 23.9 Å². The Bertz CT molecular complexity index is 1710. The van der Waals surface area contributed by atoms with Gasteiger partial charge in [0.1, 0.15) is 11.3 Å². The van der Waals surface area contributed by atoms with Crippen LogP contribution in [0.1, 0.15) is 75.3 Å². The van der Waals surface area contributed by atoms with Crippen molar-refractivity contribution in [2.45, 2.75) is 84.9 Å². The molecule has 1 amide bonds. The molecule has 47 heavy (non-hydrogen) atoms. The van der Waals surface area contributed by atoms with E-state index in [0.717, 1.165) is 55.6 Å². The number of ketones is 1. The molecule has 0 saturated carbocycles. The lowest BCUT2D eigenvalue weighted by molar-refractivity contribution is -0.694. The van der Waals surface area contributed by atoms with Gasteiger partial charge in [0.25, 0.3) is 5.82 Å². The van der Waals surface area contributed by atoms with Crippen LogP contribution in [0.2, 0.25) is 5.15 Å². The molecular weight excluding hydrogens is 729 g/mol. The number of piperidine rings is 1. The molecule has 0 atom stereocenters. The molecule has 4 N–H and O–H groups in total. The number of ether oxygens (including phenoxy) is 1. The standard InChI is InChI=1S/C35H44ClN7O3.HI/c1-5-42-25-13-9-10-14-26(25)43(28(42)16-15-27(44)29-31(37)40-32(38)30(36)39-29)23-35(18-17-24-11-7-6-8-12-24)19-21-41(22-20-35)33(45)46-34(2,3)4;/h6-14H,5,15-23H2,1-4H3,(H3-,37,38,40,44);1H. The number of likely N-dealkylation sites (tertiary alicyclic amines) is 1. The number of benzene rings is 2. The van der Waals surface area contributed by atoms with Crippen LogP contribution in [0.15, 0.2) is 54.6 Å². The highest BCUT2D eigenvalue weighted by atomic mass is 127. The number of carbonyl (C=O) groups excluding carboxylic acids is 2. The van der Waals surface area contributed by atoms with Crippen molar-refractivity contribution in [1.82, 2.24) is 19.4 Å². The van der Waals surface area contributed by atoms with Crippen molar-refractivity contribution in [3.8, 4) is 0 Å². The Morgan fingerprint density at radius 3 is 2.30 bits per heavy atom. The minimum absolute atomic E-state index is 0. The number of halogens is 2. The summed E-state index contributed by atoms with van der Waals surface area (Å²) in [4.78, 5) is 36.4. The number of fused-ring (bicyclic) bond motifs is 1. The molecule has 0 spiro atoms. The van der Waals surface area contributed by atoms with Crippen molar-refractivity contribution in [2.75, 3.05) is 24.6 Å². The number of hydrogen-bond acceptors (Lipinski definition) is 7. The van der Waals surface area contributed by atoms with Gasteiger partial charge in [0.05, 0.1) is 19.5 Å². The number of nitrogens with two attached hydrogens (primary N) is 2. The third-order valence-corrected chi connectivity index (χ3v) is 9.18. The maximum absolute atomic E-state index is 13.4. The Labute approximate surface area is 298 Å². The Hall–Kier alpha value is -3.45. The first kappa shape index (κ1) is 36.4. The number of rotatable bonds is 10. The zero-order valence-electron chi connectivity index (χ0n) is 27.6. The van der Waals surface area contributed by atoms with E-state index in [1.165, 1.54) is 5.56 Å². The molecule has 4 aromatic rings. The monoisotopic (exact) mass is 773 g/mol. The van der Waals surface area contributed by atoms with E-state index in [1.807, 2.05) is 37.8 Å². The quantitative estimate of drug-likeness (QED) is 0.144. The van der Waals surface area contributed by atoms with Crippen molar-refractivity contribution in [2.24, 2.45) is 5.41 Å². The van der Waals surface area contributed by atoms with Crippen molar-refractivity contribution < 1.29 is 42.9 Å². The fraction of sp³-hybridized carbons (Fsp3) is 0.457. The highest BCUT2D eigenvalue weighted by Crippen LogP contribution is 2.38. The molecule has 2 aromatic heterocycles. The second-order valence-electron chi connectivity index (χ2n) is 13.2. The van der Waals surface area contributed by atoms with Gasteiger partial charge >= 0.3 is 6.09 Å². The zero-order valence-corrected chi connectivity index (χ0v) is 30.6. The summed E-state index contributed by atoms with van der Waals surface area (Å²) in [6.07, 6.45) is 3.97. The molecule has 10 nitrogen and oxygen atoms in total. The van der Waals surface area contributed by atoms with Crippen LogP contribution in [0, 0.1) is 5.41 Å². The number of aryl methyl sites for hydroxylation is 2. The van der Waals surface area contributed by atoms with Crippen LogP contribution >= 0.6 is 11.6 Å². The minimum atomic E-state index is -0.545. The molecule has 0 bridgehead atoms. The lowest BCUT2D eigenvalue weighted by atomic mass is 9.74. The van der Waals surface area contributed by atoms with Crippen LogP contribution in [0.4, 0.5) is 16.4 Å². The van der Waals surface area contributed by atoms with Gasteiger partial charge in [-0.15, -0.1) is 0 Å². The Kier molecular flexibility index (Phi) is 11.8. The van der Waals surface area contributed by atoms with Crippen molar-refractivity contribution in [3.63, 3.8) is 0 Å². The Morgan fingerprint density at radius 1 is 0.979 bits per heavy atom. The average Bonchev–Trinajstić information content (AvgIpc) is 3.32. The molecular formula is C35H45ClIN7O3. The number of nitrogens with zero attached hydrogens (tertiary/aromatic N) is 5. The van der Waals surface area contributed by atoms with Gasteiger partial charge in [-0.05, 0) is 71.1 Å². The molecule has 1 aliphatic heterocycles. The number of imidazole rings is 1. The molecule has 0 unspecified atom stereocenters. The van der Waals surface area contributed by atoms with Crippen molar-refractivity contribution in [1.29, 1.82) is 0 Å². The van der Waals surface area contributed by atoms with Gasteiger partial charge in [0, 0.05) is 24.9 Å². The third-order valence-electron chi connectivity index (χ3n) is 8.90. The lowest BCUT2D eigenvalue weighted by Crippen LogP contribution is -3.00. The maximum atomic E-state index is 13.4. The number of para-hydroxylation sites is 2. The average molecular weight is 774 g/mol. The molecule has 252 valence electrons. The van der Waals surface area contributed by atoms with Crippen molar-refractivity contribution in [3.05, 3.63) is 76.8 Å². The summed E-state index contributed by atoms with van der Waals surface area (Å²) in [6, 6.07) is 18.9. The predicted molar refractivity (Wildman–Crippen MR) is 181 cm³/mol. The van der Waals surface area contributed by atoms with Crippen LogP contribution in [0.3, 0.4) is 0 Å². The van der Waals surface area contributed by atoms with Gasteiger partial charge in [-0.1, -0.05) is 54.1 Å². The fourth-order valence-electron chi connectivity index (χ4n) is 6.50. The van der Waals surface area contributed by atoms with Crippen LogP contribution in [0.5, 0.6) is 0 Å². The van der Waals surface area contributed by atoms with E-state index in [1.54, 1.807) is 0 Å². The molecule has 1 aliphatic rings. The topological polar surface area (TPSA) is 133 Å². The second kappa shape index (κ2) is 15.2. The molecule has 5 rings (SSSR count). The largest absolute Gasteiger partial charge is 1.00 e. The number of nitrogen functional groups attached to an aromatic ring is 2. The van der Waals surface area contributed by atoms with E-state index < -0.39 is 5.60 Å². The van der Waals surface area contributed by atoms with Gasteiger partial charge < -0.3 is 45.1 Å². The summed E-state index contributed by atoms with van der Waals surface area (Å²) < 4.78 is 10.4. The number of aromatic nitrogens is 4. The molecule has 2 aromatic carbocycles. The summed E-state index contributed by atoms with van der Waals surface area (Å²) in [5.41, 5.74) is 14.7. The van der Waals surface area contributed by atoms with Gasteiger partial charge in [-0.3, -0.25) is 4.79 Å². The third kappa shape index (κ3) is 8.53.